The van der Waals surface area contributed by atoms with Gasteiger partial charge < -0.3 is 14.7 Å². The maximum Gasteiger partial charge on any atom is 0.317 e. The number of carboxylic acids is 1. The lowest BCUT2D eigenvalue weighted by atomic mass is 10.0. The van der Waals surface area contributed by atoms with Crippen LogP contribution >= 0.6 is 11.6 Å². The molecule has 1 saturated heterocycles. The SMILES string of the molecule is CCN(CC(=O)O)C1CCN(C(=O)COc2cccc(Cl)c2C)CC1. The summed E-state index contributed by atoms with van der Waals surface area (Å²) in [6, 6.07) is 5.59. The highest BCUT2D eigenvalue weighted by atomic mass is 35.5. The molecule has 0 aliphatic carbocycles. The van der Waals surface area contributed by atoms with Gasteiger partial charge in [-0.3, -0.25) is 14.5 Å². The minimum absolute atomic E-state index is 0.0154. The maximum absolute atomic E-state index is 12.4. The van der Waals surface area contributed by atoms with Crippen molar-refractivity contribution in [3.8, 4) is 5.75 Å². The lowest BCUT2D eigenvalue weighted by Crippen LogP contribution is -2.49. The molecule has 1 fully saturated rings. The first-order chi connectivity index (χ1) is 11.9. The lowest BCUT2D eigenvalue weighted by molar-refractivity contribution is -0.140. The molecule has 1 aromatic rings. The number of hydrogen-bond donors (Lipinski definition) is 1. The number of halogens is 1. The van der Waals surface area contributed by atoms with Gasteiger partial charge in [-0.15, -0.1) is 0 Å². The molecule has 0 saturated carbocycles. The van der Waals surface area contributed by atoms with Crippen LogP contribution in [0.5, 0.6) is 5.75 Å². The van der Waals surface area contributed by atoms with Crippen molar-refractivity contribution in [3.05, 3.63) is 28.8 Å². The third kappa shape index (κ3) is 5.34. The first kappa shape index (κ1) is 19.5. The number of carbonyl (C=O) groups is 2. The third-order valence-corrected chi connectivity index (χ3v) is 5.06. The standard InChI is InChI=1S/C18H25ClN2O4/c1-3-20(11-18(23)24)14-7-9-21(10-8-14)17(22)12-25-16-6-4-5-15(19)13(16)2/h4-6,14H,3,7-12H2,1-2H3,(H,23,24). The molecule has 0 atom stereocenters. The van der Waals surface area contributed by atoms with Crippen LogP contribution < -0.4 is 4.74 Å². The van der Waals surface area contributed by atoms with Gasteiger partial charge in [-0.1, -0.05) is 24.6 Å². The first-order valence-electron chi connectivity index (χ1n) is 8.54. The predicted octanol–water partition coefficient (Wildman–Crippen LogP) is 2.42. The van der Waals surface area contributed by atoms with Gasteiger partial charge >= 0.3 is 5.97 Å². The molecule has 0 radical (unpaired) electrons. The number of ether oxygens (including phenoxy) is 1. The van der Waals surface area contributed by atoms with Crippen molar-refractivity contribution in [1.29, 1.82) is 0 Å². The number of hydrogen-bond acceptors (Lipinski definition) is 4. The van der Waals surface area contributed by atoms with E-state index in [-0.39, 0.29) is 25.1 Å². The Morgan fingerprint density at radius 3 is 2.64 bits per heavy atom. The maximum atomic E-state index is 12.4. The fourth-order valence-electron chi connectivity index (χ4n) is 3.13. The number of rotatable bonds is 7. The van der Waals surface area contributed by atoms with Crippen LogP contribution in [0.4, 0.5) is 0 Å². The van der Waals surface area contributed by atoms with E-state index < -0.39 is 5.97 Å². The summed E-state index contributed by atoms with van der Waals surface area (Å²) in [5, 5.41) is 9.59. The molecule has 6 nitrogen and oxygen atoms in total. The number of nitrogens with zero attached hydrogens (tertiary/aromatic N) is 2. The molecular weight excluding hydrogens is 344 g/mol. The second-order valence-electron chi connectivity index (χ2n) is 6.22. The van der Waals surface area contributed by atoms with Crippen LogP contribution in [0.25, 0.3) is 0 Å². The molecule has 0 aromatic heterocycles. The van der Waals surface area contributed by atoms with Crippen LogP contribution in [-0.4, -0.2) is 65.6 Å². The Labute approximate surface area is 153 Å². The second-order valence-corrected chi connectivity index (χ2v) is 6.63. The molecule has 1 heterocycles. The van der Waals surface area contributed by atoms with E-state index in [0.717, 1.165) is 18.4 Å². The number of piperidine rings is 1. The van der Waals surface area contributed by atoms with E-state index in [1.807, 2.05) is 18.7 Å². The zero-order chi connectivity index (χ0) is 18.4. The molecule has 1 amide bonds. The van der Waals surface area contributed by atoms with Gasteiger partial charge in [-0.05, 0) is 38.4 Å². The predicted molar refractivity (Wildman–Crippen MR) is 96.2 cm³/mol. The van der Waals surface area contributed by atoms with Gasteiger partial charge in [-0.2, -0.15) is 0 Å². The molecular formula is C18H25ClN2O4. The Morgan fingerprint density at radius 2 is 2.04 bits per heavy atom. The molecule has 0 spiro atoms. The molecule has 25 heavy (non-hydrogen) atoms. The summed E-state index contributed by atoms with van der Waals surface area (Å²) in [7, 11) is 0. The number of carbonyl (C=O) groups excluding carboxylic acids is 1. The summed E-state index contributed by atoms with van der Waals surface area (Å²) < 4.78 is 5.62. The van der Waals surface area contributed by atoms with E-state index in [9.17, 15) is 9.59 Å². The molecule has 2 rings (SSSR count). The Kier molecular flexibility index (Phi) is 7.08. The van der Waals surface area contributed by atoms with E-state index in [4.69, 9.17) is 21.4 Å². The number of likely N-dealkylation sites (tertiary alicyclic amines) is 1. The van der Waals surface area contributed by atoms with Gasteiger partial charge in [0.2, 0.25) is 0 Å². The van der Waals surface area contributed by atoms with Gasteiger partial charge in [0.25, 0.3) is 5.91 Å². The zero-order valence-electron chi connectivity index (χ0n) is 14.7. The fourth-order valence-corrected chi connectivity index (χ4v) is 3.29. The van der Waals surface area contributed by atoms with Crippen molar-refractivity contribution in [2.45, 2.75) is 32.7 Å². The lowest BCUT2D eigenvalue weighted by Gasteiger charge is -2.37. The Bertz CT molecular complexity index is 615. The van der Waals surface area contributed by atoms with Crippen molar-refractivity contribution >= 4 is 23.5 Å². The first-order valence-corrected chi connectivity index (χ1v) is 8.91. The highest BCUT2D eigenvalue weighted by molar-refractivity contribution is 6.31. The normalized spacial score (nSPS) is 15.4. The summed E-state index contributed by atoms with van der Waals surface area (Å²) in [4.78, 5) is 27.0. The monoisotopic (exact) mass is 368 g/mol. The summed E-state index contributed by atoms with van der Waals surface area (Å²) in [5.74, 6) is -0.251. The molecule has 1 aliphatic heterocycles. The minimum atomic E-state index is -0.814. The van der Waals surface area contributed by atoms with Gasteiger partial charge in [0.15, 0.2) is 6.61 Å². The summed E-state index contributed by atoms with van der Waals surface area (Å²) in [5.41, 5.74) is 0.822. The molecule has 0 bridgehead atoms. The molecule has 1 aromatic carbocycles. The highest BCUT2D eigenvalue weighted by Gasteiger charge is 2.27. The van der Waals surface area contributed by atoms with Gasteiger partial charge in [0, 0.05) is 29.7 Å². The average molecular weight is 369 g/mol. The van der Waals surface area contributed by atoms with Crippen molar-refractivity contribution in [1.82, 2.24) is 9.80 Å². The van der Waals surface area contributed by atoms with Crippen LogP contribution in [-0.2, 0) is 9.59 Å². The largest absolute Gasteiger partial charge is 0.483 e. The van der Waals surface area contributed by atoms with E-state index in [1.165, 1.54) is 0 Å². The summed E-state index contributed by atoms with van der Waals surface area (Å²) in [6.45, 7) is 5.79. The van der Waals surface area contributed by atoms with Crippen molar-refractivity contribution in [2.24, 2.45) is 0 Å². The van der Waals surface area contributed by atoms with Crippen molar-refractivity contribution in [3.63, 3.8) is 0 Å². The van der Waals surface area contributed by atoms with Crippen LogP contribution in [0.1, 0.15) is 25.3 Å². The van der Waals surface area contributed by atoms with Crippen LogP contribution in [0.15, 0.2) is 18.2 Å². The number of aliphatic carboxylic acids is 1. The Balaban J connectivity index is 1.83. The smallest absolute Gasteiger partial charge is 0.317 e. The molecule has 138 valence electrons. The third-order valence-electron chi connectivity index (χ3n) is 4.65. The highest BCUT2D eigenvalue weighted by Crippen LogP contribution is 2.25. The van der Waals surface area contributed by atoms with E-state index >= 15 is 0 Å². The number of benzene rings is 1. The van der Waals surface area contributed by atoms with Crippen LogP contribution in [0.2, 0.25) is 5.02 Å². The Hall–Kier alpha value is -1.79. The fraction of sp³-hybridized carbons (Fsp3) is 0.556. The Morgan fingerprint density at radius 1 is 1.36 bits per heavy atom. The average Bonchev–Trinajstić information content (AvgIpc) is 2.60. The van der Waals surface area contributed by atoms with E-state index in [2.05, 4.69) is 0 Å². The molecule has 7 heteroatoms. The number of likely N-dealkylation sites (N-methyl/N-ethyl adjacent to an activating group) is 1. The topological polar surface area (TPSA) is 70.1 Å². The summed E-state index contributed by atoms with van der Waals surface area (Å²) in [6.07, 6.45) is 1.56. The van der Waals surface area contributed by atoms with E-state index in [1.54, 1.807) is 23.1 Å². The zero-order valence-corrected chi connectivity index (χ0v) is 15.5. The van der Waals surface area contributed by atoms with Gasteiger partial charge in [0.05, 0.1) is 6.54 Å². The molecule has 1 N–H and O–H groups in total. The van der Waals surface area contributed by atoms with Crippen molar-refractivity contribution in [2.75, 3.05) is 32.8 Å². The number of carboxylic acid groups (broad SMARTS) is 1. The molecule has 1 aliphatic rings. The van der Waals surface area contributed by atoms with Gasteiger partial charge in [-0.25, -0.2) is 0 Å². The van der Waals surface area contributed by atoms with Gasteiger partial charge in [0.1, 0.15) is 5.75 Å². The minimum Gasteiger partial charge on any atom is -0.483 e. The van der Waals surface area contributed by atoms with Crippen molar-refractivity contribution < 1.29 is 19.4 Å². The molecule has 0 unspecified atom stereocenters. The van der Waals surface area contributed by atoms with Crippen LogP contribution in [0.3, 0.4) is 0 Å². The second kappa shape index (κ2) is 9.06. The van der Waals surface area contributed by atoms with E-state index in [0.29, 0.717) is 30.4 Å². The quantitative estimate of drug-likeness (QED) is 0.800. The summed E-state index contributed by atoms with van der Waals surface area (Å²) >= 11 is 6.05. The van der Waals surface area contributed by atoms with Crippen LogP contribution in [0, 0.1) is 6.92 Å². The number of amides is 1.